The van der Waals surface area contributed by atoms with E-state index in [1.165, 1.54) is 13.1 Å². The Bertz CT molecular complexity index is 1360. The number of ketones is 1. The maximum atomic E-state index is 13.4. The minimum Gasteiger partial charge on any atom is -0.295 e. The molecule has 4 heterocycles. The van der Waals surface area contributed by atoms with Crippen molar-refractivity contribution in [2.24, 2.45) is 7.05 Å². The van der Waals surface area contributed by atoms with E-state index >= 15 is 0 Å². The van der Waals surface area contributed by atoms with E-state index in [1.54, 1.807) is 60.5 Å². The van der Waals surface area contributed by atoms with Gasteiger partial charge in [-0.25, -0.2) is 14.6 Å². The number of pyridine rings is 2. The van der Waals surface area contributed by atoms with Crippen LogP contribution in [0.25, 0.3) is 22.3 Å². The van der Waals surface area contributed by atoms with E-state index in [0.29, 0.717) is 28.0 Å². The molecule has 1 aliphatic rings. The van der Waals surface area contributed by atoms with Gasteiger partial charge in [-0.2, -0.15) is 5.10 Å². The van der Waals surface area contributed by atoms with Crippen molar-refractivity contribution in [3.8, 4) is 11.3 Å². The molecule has 8 nitrogen and oxygen atoms in total. The van der Waals surface area contributed by atoms with E-state index in [4.69, 9.17) is 0 Å². The fourth-order valence-corrected chi connectivity index (χ4v) is 3.72. The molecule has 0 N–H and O–H groups in total. The standard InChI is InChI=1S/C22H15N5O3/c1-12(28)13-3-5-15(6-4-13)27-21(29)16-11-24-20-18(17(16)22(27)30)19(25-26(20)2)14-7-9-23-10-8-14/h3-11H,1-2H3. The van der Waals surface area contributed by atoms with Crippen LogP contribution in [0.2, 0.25) is 0 Å². The van der Waals surface area contributed by atoms with E-state index in [1.807, 2.05) is 0 Å². The van der Waals surface area contributed by atoms with Gasteiger partial charge in [0.15, 0.2) is 11.4 Å². The summed E-state index contributed by atoms with van der Waals surface area (Å²) < 4.78 is 1.59. The Hall–Kier alpha value is -4.20. The smallest absolute Gasteiger partial charge is 0.267 e. The molecule has 0 radical (unpaired) electrons. The highest BCUT2D eigenvalue weighted by atomic mass is 16.2. The Labute approximate surface area is 170 Å². The van der Waals surface area contributed by atoms with Gasteiger partial charge in [0.1, 0.15) is 5.69 Å². The molecule has 0 fully saturated rings. The number of carbonyl (C=O) groups excluding carboxylic acids is 3. The Morgan fingerprint density at radius 1 is 0.967 bits per heavy atom. The van der Waals surface area contributed by atoms with Gasteiger partial charge >= 0.3 is 0 Å². The summed E-state index contributed by atoms with van der Waals surface area (Å²) in [5.41, 5.74) is 3.26. The van der Waals surface area contributed by atoms with Crippen molar-refractivity contribution < 1.29 is 14.4 Å². The highest BCUT2D eigenvalue weighted by Crippen LogP contribution is 2.36. The number of aryl methyl sites for hydroxylation is 1. The van der Waals surface area contributed by atoms with E-state index in [9.17, 15) is 14.4 Å². The number of carbonyl (C=O) groups is 3. The van der Waals surface area contributed by atoms with Gasteiger partial charge in [-0.15, -0.1) is 0 Å². The molecule has 1 aromatic carbocycles. The molecule has 146 valence electrons. The zero-order valence-electron chi connectivity index (χ0n) is 16.2. The van der Waals surface area contributed by atoms with E-state index < -0.39 is 11.8 Å². The fourth-order valence-electron chi connectivity index (χ4n) is 3.72. The predicted molar refractivity (Wildman–Crippen MR) is 109 cm³/mol. The molecule has 0 bridgehead atoms. The van der Waals surface area contributed by atoms with Crippen LogP contribution in [0, 0.1) is 0 Å². The number of hydrogen-bond donors (Lipinski definition) is 0. The summed E-state index contributed by atoms with van der Waals surface area (Å²) in [6.07, 6.45) is 4.70. The van der Waals surface area contributed by atoms with Crippen LogP contribution in [-0.2, 0) is 7.05 Å². The van der Waals surface area contributed by atoms with E-state index in [2.05, 4.69) is 15.1 Å². The zero-order valence-corrected chi connectivity index (χ0v) is 16.2. The van der Waals surface area contributed by atoms with Crippen LogP contribution in [0.5, 0.6) is 0 Å². The van der Waals surface area contributed by atoms with Crippen LogP contribution in [0.15, 0.2) is 55.0 Å². The molecule has 4 aromatic rings. The summed E-state index contributed by atoms with van der Waals surface area (Å²) in [4.78, 5) is 47.5. The predicted octanol–water partition coefficient (Wildman–Crippen LogP) is 3.03. The molecular weight excluding hydrogens is 382 g/mol. The first-order valence-electron chi connectivity index (χ1n) is 9.23. The lowest BCUT2D eigenvalue weighted by atomic mass is 10.0. The number of benzene rings is 1. The Balaban J connectivity index is 1.71. The van der Waals surface area contributed by atoms with Gasteiger partial charge in [-0.3, -0.25) is 19.4 Å². The lowest BCUT2D eigenvalue weighted by Gasteiger charge is -2.14. The van der Waals surface area contributed by atoms with Crippen molar-refractivity contribution >= 4 is 34.3 Å². The second kappa shape index (κ2) is 6.41. The molecule has 2 amide bonds. The third kappa shape index (κ3) is 2.47. The van der Waals surface area contributed by atoms with Gasteiger partial charge in [0, 0.05) is 36.8 Å². The van der Waals surface area contributed by atoms with Crippen LogP contribution < -0.4 is 4.90 Å². The minimum absolute atomic E-state index is 0.0906. The van der Waals surface area contributed by atoms with Crippen LogP contribution in [0.1, 0.15) is 38.0 Å². The van der Waals surface area contributed by atoms with Crippen molar-refractivity contribution in [1.82, 2.24) is 19.7 Å². The number of aromatic nitrogens is 4. The monoisotopic (exact) mass is 397 g/mol. The van der Waals surface area contributed by atoms with E-state index in [-0.39, 0.29) is 16.9 Å². The Kier molecular flexibility index (Phi) is 3.82. The zero-order chi connectivity index (χ0) is 21.0. The number of rotatable bonds is 3. The molecule has 0 spiro atoms. The summed E-state index contributed by atoms with van der Waals surface area (Å²) in [6.45, 7) is 1.46. The topological polar surface area (TPSA) is 98.1 Å². The SMILES string of the molecule is CC(=O)c1ccc(N2C(=O)c3cnc4c(c(-c5ccncc5)nn4C)c3C2=O)cc1. The van der Waals surface area contributed by atoms with Crippen molar-refractivity contribution in [2.45, 2.75) is 6.92 Å². The average molecular weight is 397 g/mol. The highest BCUT2D eigenvalue weighted by molar-refractivity contribution is 6.38. The lowest BCUT2D eigenvalue weighted by molar-refractivity contribution is 0.0925. The fraction of sp³-hybridized carbons (Fsp3) is 0.0909. The second-order valence-electron chi connectivity index (χ2n) is 7.00. The quantitative estimate of drug-likeness (QED) is 0.389. The molecule has 8 heteroatoms. The number of Topliss-reactive ketones (excluding diaryl/α,β-unsaturated/α-hetero) is 1. The molecule has 0 aliphatic carbocycles. The van der Waals surface area contributed by atoms with Crippen LogP contribution in [-0.4, -0.2) is 37.3 Å². The van der Waals surface area contributed by atoms with Crippen LogP contribution in [0.4, 0.5) is 5.69 Å². The summed E-state index contributed by atoms with van der Waals surface area (Å²) in [5.74, 6) is -0.988. The third-order valence-electron chi connectivity index (χ3n) is 5.19. The first kappa shape index (κ1) is 17.9. The number of imide groups is 1. The van der Waals surface area contributed by atoms with Gasteiger partial charge in [-0.1, -0.05) is 0 Å². The lowest BCUT2D eigenvalue weighted by Crippen LogP contribution is -2.29. The van der Waals surface area contributed by atoms with Crippen molar-refractivity contribution in [3.63, 3.8) is 0 Å². The molecule has 30 heavy (non-hydrogen) atoms. The molecule has 0 unspecified atom stereocenters. The minimum atomic E-state index is -0.454. The summed E-state index contributed by atoms with van der Waals surface area (Å²) in [7, 11) is 1.74. The Morgan fingerprint density at radius 2 is 1.67 bits per heavy atom. The molecule has 5 rings (SSSR count). The molecule has 0 atom stereocenters. The molecule has 0 saturated heterocycles. The third-order valence-corrected chi connectivity index (χ3v) is 5.19. The first-order chi connectivity index (χ1) is 14.5. The van der Waals surface area contributed by atoms with E-state index in [0.717, 1.165) is 10.5 Å². The largest absolute Gasteiger partial charge is 0.295 e. The molecule has 3 aromatic heterocycles. The van der Waals surface area contributed by atoms with Gasteiger partial charge in [-0.05, 0) is 43.3 Å². The van der Waals surface area contributed by atoms with Crippen LogP contribution >= 0.6 is 0 Å². The summed E-state index contributed by atoms with van der Waals surface area (Å²) in [5, 5.41) is 5.06. The van der Waals surface area contributed by atoms with Crippen molar-refractivity contribution in [3.05, 3.63) is 71.7 Å². The van der Waals surface area contributed by atoms with Crippen LogP contribution in [0.3, 0.4) is 0 Å². The van der Waals surface area contributed by atoms with Crippen molar-refractivity contribution in [1.29, 1.82) is 0 Å². The van der Waals surface area contributed by atoms with Gasteiger partial charge in [0.25, 0.3) is 11.8 Å². The number of hydrogen-bond acceptors (Lipinski definition) is 6. The summed E-state index contributed by atoms with van der Waals surface area (Å²) in [6, 6.07) is 9.97. The molecule has 0 saturated carbocycles. The number of anilines is 1. The molecule has 1 aliphatic heterocycles. The van der Waals surface area contributed by atoms with Gasteiger partial charge in [0.2, 0.25) is 0 Å². The number of nitrogens with zero attached hydrogens (tertiary/aromatic N) is 5. The van der Waals surface area contributed by atoms with Gasteiger partial charge in [0.05, 0.1) is 22.2 Å². The first-order valence-corrected chi connectivity index (χ1v) is 9.23. The maximum Gasteiger partial charge on any atom is 0.267 e. The average Bonchev–Trinajstić information content (AvgIpc) is 3.23. The van der Waals surface area contributed by atoms with Gasteiger partial charge < -0.3 is 0 Å². The Morgan fingerprint density at radius 3 is 2.33 bits per heavy atom. The molecular formula is C22H15N5O3. The van der Waals surface area contributed by atoms with Crippen molar-refractivity contribution in [2.75, 3.05) is 4.90 Å². The number of fused-ring (bicyclic) bond motifs is 3. The summed E-state index contributed by atoms with van der Waals surface area (Å²) >= 11 is 0. The number of amides is 2. The normalized spacial score (nSPS) is 13.2. The maximum absolute atomic E-state index is 13.4. The second-order valence-corrected chi connectivity index (χ2v) is 7.00. The highest BCUT2D eigenvalue weighted by Gasteiger charge is 2.40.